The highest BCUT2D eigenvalue weighted by molar-refractivity contribution is 6.04. The van der Waals surface area contributed by atoms with Gasteiger partial charge in [0.05, 0.1) is 16.6 Å². The van der Waals surface area contributed by atoms with E-state index in [2.05, 4.69) is 38.6 Å². The van der Waals surface area contributed by atoms with Crippen molar-refractivity contribution in [2.75, 3.05) is 25.0 Å². The molecular formula is C23H25N5O. The number of nitrogens with zero attached hydrogens (tertiary/aromatic N) is 4. The third-order valence-corrected chi connectivity index (χ3v) is 5.25. The van der Waals surface area contributed by atoms with Gasteiger partial charge in [-0.1, -0.05) is 50.2 Å². The van der Waals surface area contributed by atoms with Crippen molar-refractivity contribution < 1.29 is 4.79 Å². The number of hydrogen-bond acceptors (Lipinski definition) is 4. The van der Waals surface area contributed by atoms with Crippen LogP contribution in [0.4, 0.5) is 5.95 Å². The van der Waals surface area contributed by atoms with Gasteiger partial charge in [0.25, 0.3) is 5.91 Å². The van der Waals surface area contributed by atoms with Crippen LogP contribution in [0, 0.1) is 0 Å². The van der Waals surface area contributed by atoms with E-state index >= 15 is 0 Å². The molecule has 0 aliphatic heterocycles. The van der Waals surface area contributed by atoms with Crippen molar-refractivity contribution >= 4 is 33.8 Å². The third-order valence-electron chi connectivity index (χ3n) is 5.25. The fourth-order valence-corrected chi connectivity index (χ4v) is 3.54. The number of anilines is 1. The Kier molecular flexibility index (Phi) is 5.53. The second kappa shape index (κ2) is 8.41. The molecule has 0 aliphatic carbocycles. The van der Waals surface area contributed by atoms with Gasteiger partial charge in [0.15, 0.2) is 0 Å². The van der Waals surface area contributed by atoms with Gasteiger partial charge in [-0.3, -0.25) is 10.1 Å². The summed E-state index contributed by atoms with van der Waals surface area (Å²) in [6, 6.07) is 19.4. The van der Waals surface area contributed by atoms with Gasteiger partial charge in [-0.25, -0.2) is 9.97 Å². The molecule has 4 aromatic rings. The number of para-hydroxylation sites is 3. The third kappa shape index (κ3) is 3.98. The van der Waals surface area contributed by atoms with Crippen molar-refractivity contribution in [3.63, 3.8) is 0 Å². The van der Waals surface area contributed by atoms with Crippen molar-refractivity contribution in [2.45, 2.75) is 20.4 Å². The second-order valence-corrected chi connectivity index (χ2v) is 6.95. The molecule has 0 spiro atoms. The fraction of sp³-hybridized carbons (Fsp3) is 0.261. The van der Waals surface area contributed by atoms with Crippen LogP contribution < -0.4 is 5.32 Å². The molecule has 2 heterocycles. The minimum atomic E-state index is -0.254. The largest absolute Gasteiger partial charge is 0.309 e. The zero-order valence-corrected chi connectivity index (χ0v) is 16.8. The van der Waals surface area contributed by atoms with E-state index < -0.39 is 0 Å². The number of rotatable bonds is 7. The molecule has 0 bridgehead atoms. The number of likely N-dealkylation sites (N-methyl/N-ethyl adjacent to an activating group) is 1. The Morgan fingerprint density at radius 3 is 2.45 bits per heavy atom. The molecule has 1 N–H and O–H groups in total. The number of pyridine rings is 1. The average Bonchev–Trinajstić information content (AvgIpc) is 3.11. The maximum Gasteiger partial charge on any atom is 0.276 e. The Bertz CT molecular complexity index is 1150. The summed E-state index contributed by atoms with van der Waals surface area (Å²) in [6.07, 6.45) is 0. The lowest BCUT2D eigenvalue weighted by molar-refractivity contribution is 0.102. The van der Waals surface area contributed by atoms with Crippen LogP contribution in [0.3, 0.4) is 0 Å². The molecular weight excluding hydrogens is 362 g/mol. The van der Waals surface area contributed by atoms with Gasteiger partial charge < -0.3 is 9.47 Å². The van der Waals surface area contributed by atoms with Crippen LogP contribution in [0.5, 0.6) is 0 Å². The van der Waals surface area contributed by atoms with Crippen molar-refractivity contribution in [3.05, 3.63) is 66.4 Å². The number of aromatic nitrogens is 3. The van der Waals surface area contributed by atoms with Gasteiger partial charge >= 0.3 is 0 Å². The number of amides is 1. The minimum Gasteiger partial charge on any atom is -0.309 e. The predicted molar refractivity (Wildman–Crippen MR) is 117 cm³/mol. The fourth-order valence-electron chi connectivity index (χ4n) is 3.54. The normalized spacial score (nSPS) is 11.4. The van der Waals surface area contributed by atoms with Crippen LogP contribution in [0.25, 0.3) is 21.9 Å². The Morgan fingerprint density at radius 2 is 1.66 bits per heavy atom. The highest BCUT2D eigenvalue weighted by Gasteiger charge is 2.16. The van der Waals surface area contributed by atoms with Gasteiger partial charge in [-0.2, -0.15) is 0 Å². The number of fused-ring (bicyclic) bond motifs is 2. The first-order valence-electron chi connectivity index (χ1n) is 10.0. The number of carbonyl (C=O) groups excluding carboxylic acids is 1. The van der Waals surface area contributed by atoms with Crippen LogP contribution in [-0.4, -0.2) is 45.0 Å². The van der Waals surface area contributed by atoms with E-state index in [0.29, 0.717) is 11.6 Å². The monoisotopic (exact) mass is 387 g/mol. The standard InChI is InChI=1S/C23H25N5O/c1-3-27(4-2)15-16-28-21-12-8-7-11-19(21)25-23(28)26-22(29)20-14-13-17-9-5-6-10-18(17)24-20/h5-14H,3-4,15-16H2,1-2H3,(H,25,26,29). The molecule has 1 amide bonds. The molecule has 6 nitrogen and oxygen atoms in total. The maximum absolute atomic E-state index is 12.9. The van der Waals surface area contributed by atoms with Gasteiger partial charge in [0.1, 0.15) is 5.69 Å². The van der Waals surface area contributed by atoms with E-state index in [1.165, 1.54) is 0 Å². The maximum atomic E-state index is 12.9. The molecule has 148 valence electrons. The lowest BCUT2D eigenvalue weighted by atomic mass is 10.2. The van der Waals surface area contributed by atoms with Crippen molar-refractivity contribution in [3.8, 4) is 0 Å². The van der Waals surface area contributed by atoms with Crippen LogP contribution in [0.2, 0.25) is 0 Å². The quantitative estimate of drug-likeness (QED) is 0.517. The molecule has 0 radical (unpaired) electrons. The molecule has 4 rings (SSSR count). The van der Waals surface area contributed by atoms with Gasteiger partial charge in [-0.05, 0) is 37.4 Å². The molecule has 29 heavy (non-hydrogen) atoms. The van der Waals surface area contributed by atoms with E-state index in [9.17, 15) is 4.79 Å². The lowest BCUT2D eigenvalue weighted by Crippen LogP contribution is -2.27. The highest BCUT2D eigenvalue weighted by atomic mass is 16.2. The summed E-state index contributed by atoms with van der Waals surface area (Å²) in [5.74, 6) is 0.300. The molecule has 0 unspecified atom stereocenters. The number of hydrogen-bond donors (Lipinski definition) is 1. The van der Waals surface area contributed by atoms with Crippen molar-refractivity contribution in [2.24, 2.45) is 0 Å². The summed E-state index contributed by atoms with van der Waals surface area (Å²) in [7, 11) is 0. The van der Waals surface area contributed by atoms with Crippen molar-refractivity contribution in [1.29, 1.82) is 0 Å². The molecule has 0 aliphatic rings. The zero-order valence-electron chi connectivity index (χ0n) is 16.8. The Hall–Kier alpha value is -3.25. The zero-order chi connectivity index (χ0) is 20.2. The second-order valence-electron chi connectivity index (χ2n) is 6.95. The van der Waals surface area contributed by atoms with Crippen LogP contribution >= 0.6 is 0 Å². The van der Waals surface area contributed by atoms with Gasteiger partial charge in [0, 0.05) is 18.5 Å². The number of benzene rings is 2. The van der Waals surface area contributed by atoms with Crippen LogP contribution in [0.1, 0.15) is 24.3 Å². The molecule has 2 aromatic heterocycles. The number of carbonyl (C=O) groups is 1. The number of nitrogens with one attached hydrogen (secondary N) is 1. The summed E-state index contributed by atoms with van der Waals surface area (Å²) in [6.45, 7) is 7.94. The molecule has 0 atom stereocenters. The van der Waals surface area contributed by atoms with E-state index in [-0.39, 0.29) is 5.91 Å². The molecule has 0 saturated carbocycles. The van der Waals surface area contributed by atoms with Crippen LogP contribution in [0.15, 0.2) is 60.7 Å². The summed E-state index contributed by atoms with van der Waals surface area (Å²) >= 11 is 0. The Morgan fingerprint density at radius 1 is 0.931 bits per heavy atom. The molecule has 0 fully saturated rings. The SMILES string of the molecule is CCN(CC)CCn1c(NC(=O)c2ccc3ccccc3n2)nc2ccccc21. The first kappa shape index (κ1) is 19.1. The molecule has 2 aromatic carbocycles. The minimum absolute atomic E-state index is 0.254. The Labute approximate surface area is 170 Å². The smallest absolute Gasteiger partial charge is 0.276 e. The first-order valence-corrected chi connectivity index (χ1v) is 10.0. The average molecular weight is 387 g/mol. The first-order chi connectivity index (χ1) is 14.2. The van der Waals surface area contributed by atoms with Gasteiger partial charge in [0.2, 0.25) is 5.95 Å². The van der Waals surface area contributed by atoms with Gasteiger partial charge in [-0.15, -0.1) is 0 Å². The summed E-state index contributed by atoms with van der Waals surface area (Å²) in [4.78, 5) is 24.4. The van der Waals surface area contributed by atoms with E-state index in [1.54, 1.807) is 6.07 Å². The molecule has 0 saturated heterocycles. The van der Waals surface area contributed by atoms with E-state index in [0.717, 1.165) is 48.1 Å². The van der Waals surface area contributed by atoms with Crippen molar-refractivity contribution in [1.82, 2.24) is 19.4 Å². The summed E-state index contributed by atoms with van der Waals surface area (Å²) in [5, 5.41) is 3.98. The number of imidazole rings is 1. The summed E-state index contributed by atoms with van der Waals surface area (Å²) < 4.78 is 2.08. The highest BCUT2D eigenvalue weighted by Crippen LogP contribution is 2.20. The lowest BCUT2D eigenvalue weighted by Gasteiger charge is -2.19. The van der Waals surface area contributed by atoms with E-state index in [4.69, 9.17) is 0 Å². The molecule has 6 heteroatoms. The predicted octanol–water partition coefficient (Wildman–Crippen LogP) is 4.18. The van der Waals surface area contributed by atoms with E-state index in [1.807, 2.05) is 54.6 Å². The Balaban J connectivity index is 1.63. The van der Waals surface area contributed by atoms with Crippen LogP contribution in [-0.2, 0) is 6.54 Å². The topological polar surface area (TPSA) is 63.0 Å². The summed E-state index contributed by atoms with van der Waals surface area (Å²) in [5.41, 5.74) is 3.07.